The Morgan fingerprint density at radius 2 is 2.11 bits per heavy atom. The molecule has 1 saturated heterocycles. The first-order chi connectivity index (χ1) is 13.1. The van der Waals surface area contributed by atoms with Gasteiger partial charge in [-0.15, -0.1) is 0 Å². The average Bonchev–Trinajstić information content (AvgIpc) is 3.42. The van der Waals surface area contributed by atoms with E-state index in [1.807, 2.05) is 0 Å². The van der Waals surface area contributed by atoms with Crippen LogP contribution in [0.3, 0.4) is 0 Å². The Hall–Kier alpha value is -2.17. The second-order valence-corrected chi connectivity index (χ2v) is 7.54. The molecule has 2 bridgehead atoms. The number of aliphatic hydroxyl groups is 2. The molecule has 144 valence electrons. The zero-order valence-electron chi connectivity index (χ0n) is 14.4. The number of anilines is 1. The fourth-order valence-electron chi connectivity index (χ4n) is 4.63. The first-order valence-electron chi connectivity index (χ1n) is 9.14. The van der Waals surface area contributed by atoms with Gasteiger partial charge in [0.05, 0.1) is 12.4 Å². The average molecular weight is 377 g/mol. The van der Waals surface area contributed by atoms with Gasteiger partial charge in [0.1, 0.15) is 31.3 Å². The molecule has 3 N–H and O–H groups in total. The summed E-state index contributed by atoms with van der Waals surface area (Å²) in [5.74, 6) is 1.12. The quantitative estimate of drug-likeness (QED) is 0.690. The minimum Gasteiger partial charge on any atom is -0.387 e. The normalized spacial score (nSPS) is 38.2. The van der Waals surface area contributed by atoms with Crippen LogP contribution in [0.5, 0.6) is 0 Å². The molecule has 0 radical (unpaired) electrons. The highest BCUT2D eigenvalue weighted by Crippen LogP contribution is 2.43. The number of nitrogens with one attached hydrogen (secondary N) is 1. The van der Waals surface area contributed by atoms with Crippen LogP contribution in [0.1, 0.15) is 25.5 Å². The van der Waals surface area contributed by atoms with E-state index < -0.39 is 31.2 Å². The maximum Gasteiger partial charge on any atom is 0.167 e. The van der Waals surface area contributed by atoms with E-state index in [4.69, 9.17) is 4.74 Å². The third kappa shape index (κ3) is 2.47. The number of ketones is 1. The summed E-state index contributed by atoms with van der Waals surface area (Å²) in [6, 6.07) is -0.266. The summed E-state index contributed by atoms with van der Waals surface area (Å²) >= 11 is 0. The maximum atomic E-state index is 13.0. The molecule has 3 fully saturated rings. The molecular formula is C17H20FN5O4. The van der Waals surface area contributed by atoms with Gasteiger partial charge in [-0.3, -0.25) is 9.36 Å². The Morgan fingerprint density at radius 1 is 1.26 bits per heavy atom. The van der Waals surface area contributed by atoms with Crippen molar-refractivity contribution in [1.29, 1.82) is 0 Å². The van der Waals surface area contributed by atoms with E-state index in [-0.39, 0.29) is 17.7 Å². The molecule has 0 aromatic carbocycles. The zero-order chi connectivity index (χ0) is 18.7. The molecule has 2 aromatic rings. The van der Waals surface area contributed by atoms with Crippen molar-refractivity contribution in [2.45, 2.75) is 49.8 Å². The van der Waals surface area contributed by atoms with E-state index in [0.29, 0.717) is 22.9 Å². The van der Waals surface area contributed by atoms with Crippen LogP contribution in [-0.4, -0.2) is 66.5 Å². The predicted octanol–water partition coefficient (Wildman–Crippen LogP) is 0.194. The number of hydrogen-bond acceptors (Lipinski definition) is 8. The first-order valence-corrected chi connectivity index (χ1v) is 9.14. The predicted molar refractivity (Wildman–Crippen MR) is 90.5 cm³/mol. The van der Waals surface area contributed by atoms with E-state index in [1.165, 1.54) is 17.2 Å². The van der Waals surface area contributed by atoms with Gasteiger partial charge in [0.25, 0.3) is 0 Å². The zero-order valence-corrected chi connectivity index (χ0v) is 14.4. The monoisotopic (exact) mass is 377 g/mol. The van der Waals surface area contributed by atoms with Crippen LogP contribution in [0.4, 0.5) is 10.2 Å². The number of imidazole rings is 1. The van der Waals surface area contributed by atoms with Crippen molar-refractivity contribution in [3.63, 3.8) is 0 Å². The van der Waals surface area contributed by atoms with Crippen LogP contribution in [-0.2, 0) is 9.53 Å². The third-order valence-electron chi connectivity index (χ3n) is 6.07. The van der Waals surface area contributed by atoms with Crippen molar-refractivity contribution < 1.29 is 24.1 Å². The summed E-state index contributed by atoms with van der Waals surface area (Å²) in [6.07, 6.45) is 0.922. The van der Waals surface area contributed by atoms with Crippen LogP contribution in [0.15, 0.2) is 12.7 Å². The SMILES string of the molecule is O=C1C2CCC(C2)C1Nc1ncnc2c1ncn2[C@@H]1O[C@H](CF)[C@@H](O)[C@H]1O. The Labute approximate surface area is 153 Å². The number of ether oxygens (including phenoxy) is 1. The summed E-state index contributed by atoms with van der Waals surface area (Å²) in [6.45, 7) is -0.907. The molecule has 27 heavy (non-hydrogen) atoms. The first kappa shape index (κ1) is 17.0. The molecule has 0 spiro atoms. The van der Waals surface area contributed by atoms with Crippen LogP contribution in [0.2, 0.25) is 0 Å². The fourth-order valence-corrected chi connectivity index (χ4v) is 4.63. The van der Waals surface area contributed by atoms with Crippen molar-refractivity contribution in [2.24, 2.45) is 11.8 Å². The highest BCUT2D eigenvalue weighted by molar-refractivity contribution is 5.94. The minimum atomic E-state index is -1.33. The molecule has 2 aliphatic carbocycles. The van der Waals surface area contributed by atoms with Crippen molar-refractivity contribution in [3.05, 3.63) is 12.7 Å². The summed E-state index contributed by atoms with van der Waals surface area (Å²) < 4.78 is 19.8. The topological polar surface area (TPSA) is 122 Å². The third-order valence-corrected chi connectivity index (χ3v) is 6.07. The number of halogens is 1. The molecule has 1 aliphatic heterocycles. The Morgan fingerprint density at radius 3 is 2.81 bits per heavy atom. The van der Waals surface area contributed by atoms with E-state index in [9.17, 15) is 19.4 Å². The minimum absolute atomic E-state index is 0.142. The summed E-state index contributed by atoms with van der Waals surface area (Å²) in [7, 11) is 0. The molecule has 3 heterocycles. The Kier molecular flexibility index (Phi) is 3.88. The molecule has 5 rings (SSSR count). The number of carbonyl (C=O) groups is 1. The number of nitrogens with zero attached hydrogens (tertiary/aromatic N) is 4. The van der Waals surface area contributed by atoms with Gasteiger partial charge in [-0.05, 0) is 25.2 Å². The van der Waals surface area contributed by atoms with E-state index in [2.05, 4.69) is 20.3 Å². The van der Waals surface area contributed by atoms with Gasteiger partial charge >= 0.3 is 0 Å². The molecule has 2 aromatic heterocycles. The van der Waals surface area contributed by atoms with Gasteiger partial charge in [0, 0.05) is 5.92 Å². The van der Waals surface area contributed by atoms with Gasteiger partial charge in [-0.1, -0.05) is 0 Å². The van der Waals surface area contributed by atoms with Gasteiger partial charge in [-0.25, -0.2) is 19.3 Å². The lowest BCUT2D eigenvalue weighted by molar-refractivity contribution is -0.122. The lowest BCUT2D eigenvalue weighted by atomic mass is 9.94. The second kappa shape index (κ2) is 6.18. The largest absolute Gasteiger partial charge is 0.387 e. The van der Waals surface area contributed by atoms with E-state index >= 15 is 0 Å². The molecule has 9 nitrogen and oxygen atoms in total. The van der Waals surface area contributed by atoms with Crippen LogP contribution >= 0.6 is 0 Å². The molecule has 7 atom stereocenters. The van der Waals surface area contributed by atoms with Gasteiger partial charge in [0.15, 0.2) is 29.0 Å². The number of alkyl halides is 1. The Bertz CT molecular complexity index is 891. The molecule has 0 amide bonds. The number of aliphatic hydroxyl groups excluding tert-OH is 2. The van der Waals surface area contributed by atoms with Gasteiger partial charge < -0.3 is 20.3 Å². The summed E-state index contributed by atoms with van der Waals surface area (Å²) in [5, 5.41) is 23.3. The lowest BCUT2D eigenvalue weighted by Gasteiger charge is -2.22. The van der Waals surface area contributed by atoms with E-state index in [0.717, 1.165) is 19.3 Å². The number of carbonyl (C=O) groups excluding carboxylic acids is 1. The standard InChI is InChI=1S/C17H20FN5O4/c18-4-9-13(25)14(26)17(27-9)23-6-21-11-15(19-5-20-16(11)23)22-10-7-1-2-8(3-7)12(10)24/h5-10,13-14,17,25-26H,1-4H2,(H,19,20,22)/t7?,8?,9-,10?,13-,14-,17-/m1/s1. The maximum absolute atomic E-state index is 13.0. The highest BCUT2D eigenvalue weighted by Gasteiger charge is 2.47. The van der Waals surface area contributed by atoms with Crippen molar-refractivity contribution >= 4 is 22.8 Å². The number of rotatable bonds is 4. The van der Waals surface area contributed by atoms with Gasteiger partial charge in [-0.2, -0.15) is 0 Å². The number of hydrogen-bond donors (Lipinski definition) is 3. The molecule has 10 heteroatoms. The fraction of sp³-hybridized carbons (Fsp3) is 0.647. The lowest BCUT2D eigenvalue weighted by Crippen LogP contribution is -2.35. The van der Waals surface area contributed by atoms with Crippen molar-refractivity contribution in [1.82, 2.24) is 19.5 Å². The van der Waals surface area contributed by atoms with Crippen LogP contribution in [0.25, 0.3) is 11.2 Å². The molecular weight excluding hydrogens is 357 g/mol. The van der Waals surface area contributed by atoms with E-state index in [1.54, 1.807) is 0 Å². The Balaban J connectivity index is 1.46. The number of aromatic nitrogens is 4. The molecule has 2 saturated carbocycles. The second-order valence-electron chi connectivity index (χ2n) is 7.54. The van der Waals surface area contributed by atoms with Crippen LogP contribution in [0, 0.1) is 11.8 Å². The summed E-state index contributed by atoms with van der Waals surface area (Å²) in [5.41, 5.74) is 0.806. The van der Waals surface area contributed by atoms with Crippen molar-refractivity contribution in [3.8, 4) is 0 Å². The number of fused-ring (bicyclic) bond motifs is 3. The number of Topliss-reactive ketones (excluding diaryl/α,β-unsaturated/α-hetero) is 1. The molecule has 3 unspecified atom stereocenters. The van der Waals surface area contributed by atoms with Crippen LogP contribution < -0.4 is 5.32 Å². The van der Waals surface area contributed by atoms with Gasteiger partial charge in [0.2, 0.25) is 0 Å². The van der Waals surface area contributed by atoms with Crippen molar-refractivity contribution in [2.75, 3.05) is 12.0 Å². The summed E-state index contributed by atoms with van der Waals surface area (Å²) in [4.78, 5) is 25.1. The smallest absolute Gasteiger partial charge is 0.167 e. The molecule has 3 aliphatic rings. The highest BCUT2D eigenvalue weighted by atomic mass is 19.1.